The molecule has 2 aromatic rings. The highest BCUT2D eigenvalue weighted by molar-refractivity contribution is 7.11. The fourth-order valence-corrected chi connectivity index (χ4v) is 4.83. The van der Waals surface area contributed by atoms with Gasteiger partial charge in [0, 0.05) is 22.9 Å². The Kier molecular flexibility index (Phi) is 23.8. The van der Waals surface area contributed by atoms with Crippen LogP contribution in [0.1, 0.15) is 63.1 Å². The van der Waals surface area contributed by atoms with Crippen LogP contribution < -0.4 is 11.5 Å². The predicted octanol–water partition coefficient (Wildman–Crippen LogP) is 7.86. The fourth-order valence-electron chi connectivity index (χ4n) is 3.59. The predicted molar refractivity (Wildman–Crippen MR) is 191 cm³/mol. The first-order valence-corrected chi connectivity index (χ1v) is 17.0. The van der Waals surface area contributed by atoms with Gasteiger partial charge in [0.2, 0.25) is 0 Å². The SMILES string of the molecule is CCCN(CCOC/N=C(/C=C\N)\C=C\c1cccs1)CCC(C)CC.CCCOC/N=C(/C=C\N)\C=C\c1cccs1. The summed E-state index contributed by atoms with van der Waals surface area (Å²) in [6.45, 7) is 14.3. The first-order valence-electron chi connectivity index (χ1n) is 15.2. The number of aliphatic imine (C=N–C) groups is 2. The molecule has 0 aliphatic carbocycles. The van der Waals surface area contributed by atoms with Gasteiger partial charge in [0.25, 0.3) is 0 Å². The third-order valence-corrected chi connectivity index (χ3v) is 7.88. The van der Waals surface area contributed by atoms with Gasteiger partial charge in [-0.2, -0.15) is 0 Å². The van der Waals surface area contributed by atoms with E-state index in [4.69, 9.17) is 20.9 Å². The van der Waals surface area contributed by atoms with Crippen LogP contribution in [0.2, 0.25) is 0 Å². The van der Waals surface area contributed by atoms with Gasteiger partial charge in [-0.05, 0) is 110 Å². The average molecular weight is 628 g/mol. The van der Waals surface area contributed by atoms with Crippen molar-refractivity contribution in [2.75, 3.05) is 46.3 Å². The maximum atomic E-state index is 5.72. The van der Waals surface area contributed by atoms with Gasteiger partial charge in [-0.3, -0.25) is 9.98 Å². The molecule has 0 saturated carbocycles. The van der Waals surface area contributed by atoms with Crippen LogP contribution in [0, 0.1) is 5.92 Å². The molecule has 43 heavy (non-hydrogen) atoms. The summed E-state index contributed by atoms with van der Waals surface area (Å²) < 4.78 is 11.0. The summed E-state index contributed by atoms with van der Waals surface area (Å²) in [5.74, 6) is 0.792. The van der Waals surface area contributed by atoms with Crippen LogP contribution in [0.15, 0.2) is 81.7 Å². The van der Waals surface area contributed by atoms with Crippen molar-refractivity contribution in [3.05, 3.63) is 81.5 Å². The van der Waals surface area contributed by atoms with Gasteiger partial charge in [0.05, 0.1) is 18.0 Å². The highest BCUT2D eigenvalue weighted by Crippen LogP contribution is 2.11. The van der Waals surface area contributed by atoms with Gasteiger partial charge in [0.15, 0.2) is 0 Å². The first kappa shape index (κ1) is 38.2. The van der Waals surface area contributed by atoms with E-state index < -0.39 is 0 Å². The van der Waals surface area contributed by atoms with Gasteiger partial charge in [-0.15, -0.1) is 22.7 Å². The first-order chi connectivity index (χ1) is 21.1. The van der Waals surface area contributed by atoms with Gasteiger partial charge < -0.3 is 25.8 Å². The molecule has 2 aromatic heterocycles. The van der Waals surface area contributed by atoms with E-state index >= 15 is 0 Å². The van der Waals surface area contributed by atoms with Crippen LogP contribution in [0.5, 0.6) is 0 Å². The van der Waals surface area contributed by atoms with Crippen LogP contribution in [0.25, 0.3) is 12.2 Å². The molecule has 0 bridgehead atoms. The van der Waals surface area contributed by atoms with E-state index in [1.807, 2.05) is 41.8 Å². The molecule has 0 saturated heterocycles. The van der Waals surface area contributed by atoms with Gasteiger partial charge >= 0.3 is 0 Å². The summed E-state index contributed by atoms with van der Waals surface area (Å²) in [5, 5.41) is 4.10. The molecule has 2 heterocycles. The topological polar surface area (TPSA) is 98.5 Å². The molecule has 0 aliphatic heterocycles. The molecule has 0 aliphatic rings. The summed E-state index contributed by atoms with van der Waals surface area (Å²) in [6, 6.07) is 8.18. The van der Waals surface area contributed by atoms with Crippen LogP contribution >= 0.6 is 22.7 Å². The van der Waals surface area contributed by atoms with Crippen LogP contribution in [-0.2, 0) is 9.47 Å². The standard InChI is InChI=1S/C21H35N3OS.C13H18N2OS/c1-4-13-24(14-11-19(3)5-2)15-16-25-18-23-20(10-12-22)8-9-21-7-6-17-26-21;1-2-9-16-11-15-12(7-8-14)5-6-13-4-3-10-17-13/h6-10,12,17,19H,4-5,11,13-16,18,22H2,1-3H3;3-8,10H,2,9,11,14H2,1H3/b9-8+,12-10-,23-20+;6-5+,8-7-,15-12+. The maximum absolute atomic E-state index is 5.72. The van der Waals surface area contributed by atoms with Crippen molar-refractivity contribution in [3.63, 3.8) is 0 Å². The number of hydrogen-bond acceptors (Lipinski definition) is 9. The largest absolute Gasteiger partial charge is 0.405 e. The molecule has 0 radical (unpaired) electrons. The van der Waals surface area contributed by atoms with E-state index in [0.29, 0.717) is 20.1 Å². The Morgan fingerprint density at radius 1 is 0.791 bits per heavy atom. The second-order valence-corrected chi connectivity index (χ2v) is 11.8. The molecule has 9 heteroatoms. The lowest BCUT2D eigenvalue weighted by atomic mass is 10.1. The quantitative estimate of drug-likeness (QED) is 0.108. The summed E-state index contributed by atoms with van der Waals surface area (Å²) >= 11 is 3.38. The summed E-state index contributed by atoms with van der Waals surface area (Å²) in [7, 11) is 0. The van der Waals surface area contributed by atoms with Crippen molar-refractivity contribution < 1.29 is 9.47 Å². The minimum atomic E-state index is 0.361. The average Bonchev–Trinajstić information content (AvgIpc) is 3.74. The van der Waals surface area contributed by atoms with Crippen molar-refractivity contribution >= 4 is 46.2 Å². The molecule has 2 rings (SSSR count). The summed E-state index contributed by atoms with van der Waals surface area (Å²) in [5.41, 5.74) is 12.5. The van der Waals surface area contributed by atoms with Crippen molar-refractivity contribution in [2.24, 2.45) is 27.4 Å². The Bertz CT molecular complexity index is 1090. The minimum absolute atomic E-state index is 0.361. The third kappa shape index (κ3) is 20.7. The number of allylic oxidation sites excluding steroid dienone is 4. The number of nitrogens with two attached hydrogens (primary N) is 2. The molecule has 0 aromatic carbocycles. The van der Waals surface area contributed by atoms with E-state index in [1.54, 1.807) is 34.8 Å². The van der Waals surface area contributed by atoms with E-state index in [9.17, 15) is 0 Å². The van der Waals surface area contributed by atoms with Crippen LogP contribution in [-0.4, -0.2) is 62.6 Å². The van der Waals surface area contributed by atoms with Crippen molar-refractivity contribution in [2.45, 2.75) is 53.4 Å². The van der Waals surface area contributed by atoms with E-state index in [1.165, 1.54) is 41.4 Å². The molecule has 7 nitrogen and oxygen atoms in total. The van der Waals surface area contributed by atoms with Crippen molar-refractivity contribution in [1.29, 1.82) is 0 Å². The Morgan fingerprint density at radius 2 is 1.35 bits per heavy atom. The van der Waals surface area contributed by atoms with E-state index in [0.717, 1.165) is 50.0 Å². The molecule has 0 fully saturated rings. The number of thiophene rings is 2. The maximum Gasteiger partial charge on any atom is 0.138 e. The smallest absolute Gasteiger partial charge is 0.138 e. The second kappa shape index (κ2) is 26.8. The number of ether oxygens (including phenoxy) is 2. The second-order valence-electron chi connectivity index (χ2n) is 9.80. The lowest BCUT2D eigenvalue weighted by molar-refractivity contribution is 0.107. The van der Waals surface area contributed by atoms with E-state index in [-0.39, 0.29) is 0 Å². The van der Waals surface area contributed by atoms with Gasteiger partial charge in [-0.1, -0.05) is 46.2 Å². The normalized spacial score (nSPS) is 13.6. The Balaban J connectivity index is 0.000000469. The number of nitrogens with zero attached hydrogens (tertiary/aromatic N) is 3. The zero-order valence-corrected chi connectivity index (χ0v) is 28.2. The number of hydrogen-bond donors (Lipinski definition) is 2. The van der Waals surface area contributed by atoms with Gasteiger partial charge in [0.1, 0.15) is 13.5 Å². The molecule has 1 atom stereocenters. The zero-order valence-electron chi connectivity index (χ0n) is 26.6. The molecular formula is C34H53N5O2S2. The molecule has 0 spiro atoms. The summed E-state index contributed by atoms with van der Waals surface area (Å²) in [4.78, 5) is 13.6. The monoisotopic (exact) mass is 627 g/mol. The third-order valence-electron chi connectivity index (χ3n) is 6.21. The minimum Gasteiger partial charge on any atom is -0.405 e. The Morgan fingerprint density at radius 3 is 1.79 bits per heavy atom. The van der Waals surface area contributed by atoms with Crippen LogP contribution in [0.3, 0.4) is 0 Å². The Labute approximate surface area is 268 Å². The summed E-state index contributed by atoms with van der Waals surface area (Å²) in [6.07, 6.45) is 19.2. The highest BCUT2D eigenvalue weighted by Gasteiger charge is 2.06. The lowest BCUT2D eigenvalue weighted by Crippen LogP contribution is -2.30. The fraction of sp³-hybridized carbons (Fsp3) is 0.471. The number of rotatable bonds is 21. The van der Waals surface area contributed by atoms with Crippen molar-refractivity contribution in [3.8, 4) is 0 Å². The van der Waals surface area contributed by atoms with Gasteiger partial charge in [-0.25, -0.2) is 0 Å². The molecule has 238 valence electrons. The molecule has 1 unspecified atom stereocenters. The van der Waals surface area contributed by atoms with Crippen LogP contribution in [0.4, 0.5) is 0 Å². The zero-order chi connectivity index (χ0) is 31.4. The molecule has 0 amide bonds. The lowest BCUT2D eigenvalue weighted by Gasteiger charge is -2.22. The molecule has 4 N–H and O–H groups in total. The van der Waals surface area contributed by atoms with Crippen molar-refractivity contribution in [1.82, 2.24) is 4.90 Å². The van der Waals surface area contributed by atoms with E-state index in [2.05, 4.69) is 60.1 Å². The highest BCUT2D eigenvalue weighted by atomic mass is 32.1. The Hall–Kier alpha value is -2.82. The molecular weight excluding hydrogens is 575 g/mol.